The van der Waals surface area contributed by atoms with Gasteiger partial charge < -0.3 is 20.4 Å². The topological polar surface area (TPSA) is 132 Å². The number of aliphatic carboxylic acids is 3. The van der Waals surface area contributed by atoms with Crippen molar-refractivity contribution < 1.29 is 34.8 Å². The van der Waals surface area contributed by atoms with Crippen molar-refractivity contribution in [3.63, 3.8) is 0 Å². The number of aliphatic hydroxyl groups is 1. The van der Waals surface area contributed by atoms with Gasteiger partial charge in [-0.05, 0) is 6.42 Å². The van der Waals surface area contributed by atoms with Gasteiger partial charge in [0, 0.05) is 0 Å². The second kappa shape index (κ2) is 16.2. The molecule has 4 N–H and O–H groups in total. The minimum atomic E-state index is -2.78. The lowest BCUT2D eigenvalue weighted by molar-refractivity contribution is -0.179. The minimum Gasteiger partial charge on any atom is -0.481 e. The van der Waals surface area contributed by atoms with E-state index in [9.17, 15) is 24.6 Å². The lowest BCUT2D eigenvalue weighted by Gasteiger charge is -2.28. The number of rotatable bonds is 20. The molecule has 7 nitrogen and oxygen atoms in total. The Morgan fingerprint density at radius 2 is 1.07 bits per heavy atom. The molecule has 0 rings (SSSR count). The average Bonchev–Trinajstić information content (AvgIpc) is 2.63. The molecule has 0 saturated carbocycles. The van der Waals surface area contributed by atoms with E-state index in [1.54, 1.807) is 0 Å². The molecule has 0 aliphatic heterocycles. The van der Waals surface area contributed by atoms with Gasteiger partial charge in [0.2, 0.25) is 0 Å². The van der Waals surface area contributed by atoms with E-state index in [2.05, 4.69) is 6.92 Å². The predicted molar refractivity (Wildman–Crippen MR) is 111 cm³/mol. The Bertz CT molecular complexity index is 478. The summed E-state index contributed by atoms with van der Waals surface area (Å²) in [5.74, 6) is -6.46. The van der Waals surface area contributed by atoms with Crippen molar-refractivity contribution in [2.45, 2.75) is 115 Å². The van der Waals surface area contributed by atoms with Crippen molar-refractivity contribution in [2.75, 3.05) is 0 Å². The van der Waals surface area contributed by atoms with Gasteiger partial charge >= 0.3 is 17.9 Å². The zero-order valence-corrected chi connectivity index (χ0v) is 17.9. The van der Waals surface area contributed by atoms with Crippen LogP contribution in [0.1, 0.15) is 110 Å². The highest BCUT2D eigenvalue weighted by Crippen LogP contribution is 2.28. The second-order valence-corrected chi connectivity index (χ2v) is 8.08. The summed E-state index contributed by atoms with van der Waals surface area (Å²) in [5.41, 5.74) is -2.78. The first-order valence-electron chi connectivity index (χ1n) is 11.2. The number of carboxylic acid groups (broad SMARTS) is 3. The summed E-state index contributed by atoms with van der Waals surface area (Å²) < 4.78 is 0. The fraction of sp³-hybridized carbons (Fsp3) is 0.864. The van der Waals surface area contributed by atoms with E-state index >= 15 is 0 Å². The standard InChI is InChI=1S/C22H40O7/c1-2-3-4-5-6-7-8-9-10-11-12-13-14-15-16-18(20(25)26)22(29,21(27)28)17-19(23)24/h18,29H,2-17H2,1H3,(H,23,24)(H,25,26)(H,27,28)/t18-,22+/m1/s1. The molecule has 0 aliphatic carbocycles. The summed E-state index contributed by atoms with van der Waals surface area (Å²) >= 11 is 0. The lowest BCUT2D eigenvalue weighted by Crippen LogP contribution is -2.50. The normalized spacial score (nSPS) is 14.3. The molecule has 170 valence electrons. The van der Waals surface area contributed by atoms with Crippen LogP contribution >= 0.6 is 0 Å². The van der Waals surface area contributed by atoms with E-state index in [1.165, 1.54) is 57.8 Å². The Hall–Kier alpha value is -1.63. The summed E-state index contributed by atoms with van der Waals surface area (Å²) in [5, 5.41) is 37.3. The summed E-state index contributed by atoms with van der Waals surface area (Å²) in [6, 6.07) is 0. The van der Waals surface area contributed by atoms with Crippen LogP contribution in [0.25, 0.3) is 0 Å². The quantitative estimate of drug-likeness (QED) is 0.209. The fourth-order valence-electron chi connectivity index (χ4n) is 3.69. The highest BCUT2D eigenvalue weighted by molar-refractivity contribution is 5.89. The van der Waals surface area contributed by atoms with Crippen molar-refractivity contribution >= 4 is 17.9 Å². The van der Waals surface area contributed by atoms with Gasteiger partial charge in [-0.25, -0.2) is 4.79 Å². The van der Waals surface area contributed by atoms with Gasteiger partial charge in [-0.15, -0.1) is 0 Å². The molecule has 0 aliphatic rings. The molecule has 7 heteroatoms. The molecular formula is C22H40O7. The zero-order chi connectivity index (χ0) is 22.1. The Balaban J connectivity index is 3.92. The van der Waals surface area contributed by atoms with Crippen LogP contribution in [0.3, 0.4) is 0 Å². The number of carbonyl (C=O) groups is 3. The van der Waals surface area contributed by atoms with Gasteiger partial charge in [-0.3, -0.25) is 9.59 Å². The van der Waals surface area contributed by atoms with Crippen molar-refractivity contribution in [2.24, 2.45) is 5.92 Å². The number of carboxylic acids is 3. The van der Waals surface area contributed by atoms with E-state index in [1.807, 2.05) is 0 Å². The fourth-order valence-corrected chi connectivity index (χ4v) is 3.69. The number of hydrogen-bond acceptors (Lipinski definition) is 4. The molecule has 0 aromatic heterocycles. The first-order valence-corrected chi connectivity index (χ1v) is 11.2. The van der Waals surface area contributed by atoms with Crippen LogP contribution in [0.2, 0.25) is 0 Å². The first kappa shape index (κ1) is 27.4. The minimum absolute atomic E-state index is 0.0521. The highest BCUT2D eigenvalue weighted by Gasteiger charge is 2.49. The predicted octanol–water partition coefficient (Wildman–Crippen LogP) is 4.85. The van der Waals surface area contributed by atoms with E-state index in [4.69, 9.17) is 10.2 Å². The maximum absolute atomic E-state index is 11.4. The van der Waals surface area contributed by atoms with Crippen molar-refractivity contribution in [1.29, 1.82) is 0 Å². The second-order valence-electron chi connectivity index (χ2n) is 8.08. The molecule has 0 heterocycles. The molecule has 0 aromatic rings. The molecule has 0 saturated heterocycles. The molecule has 0 amide bonds. The summed E-state index contributed by atoms with van der Waals surface area (Å²) in [4.78, 5) is 33.5. The third-order valence-electron chi connectivity index (χ3n) is 5.51. The molecule has 0 aromatic carbocycles. The van der Waals surface area contributed by atoms with Crippen molar-refractivity contribution in [3.8, 4) is 0 Å². The van der Waals surface area contributed by atoms with E-state index in [-0.39, 0.29) is 6.42 Å². The maximum Gasteiger partial charge on any atom is 0.337 e. The molecule has 0 spiro atoms. The first-order chi connectivity index (χ1) is 13.8. The summed E-state index contributed by atoms with van der Waals surface area (Å²) in [7, 11) is 0. The van der Waals surface area contributed by atoms with Crippen molar-refractivity contribution in [3.05, 3.63) is 0 Å². The third-order valence-corrected chi connectivity index (χ3v) is 5.51. The Morgan fingerprint density at radius 3 is 1.38 bits per heavy atom. The van der Waals surface area contributed by atoms with Crippen LogP contribution in [0.5, 0.6) is 0 Å². The Kier molecular flexibility index (Phi) is 15.3. The third kappa shape index (κ3) is 12.5. The monoisotopic (exact) mass is 416 g/mol. The lowest BCUT2D eigenvalue weighted by atomic mass is 9.81. The average molecular weight is 417 g/mol. The van der Waals surface area contributed by atoms with E-state index < -0.39 is 35.8 Å². The van der Waals surface area contributed by atoms with Crippen LogP contribution in [0.15, 0.2) is 0 Å². The summed E-state index contributed by atoms with van der Waals surface area (Å²) in [6.07, 6.45) is 14.8. The zero-order valence-electron chi connectivity index (χ0n) is 17.9. The highest BCUT2D eigenvalue weighted by atomic mass is 16.4. The Labute approximate surface area is 174 Å². The van der Waals surface area contributed by atoms with Crippen LogP contribution in [0, 0.1) is 5.92 Å². The smallest absolute Gasteiger partial charge is 0.337 e. The van der Waals surface area contributed by atoms with Gasteiger partial charge in [-0.1, -0.05) is 96.8 Å². The van der Waals surface area contributed by atoms with Gasteiger partial charge in [-0.2, -0.15) is 0 Å². The van der Waals surface area contributed by atoms with Crippen LogP contribution in [0.4, 0.5) is 0 Å². The largest absolute Gasteiger partial charge is 0.481 e. The van der Waals surface area contributed by atoms with Crippen LogP contribution in [-0.4, -0.2) is 43.9 Å². The van der Waals surface area contributed by atoms with Gasteiger partial charge in [0.05, 0.1) is 12.3 Å². The van der Waals surface area contributed by atoms with Crippen molar-refractivity contribution in [1.82, 2.24) is 0 Å². The van der Waals surface area contributed by atoms with E-state index in [0.29, 0.717) is 6.42 Å². The van der Waals surface area contributed by atoms with Crippen LogP contribution < -0.4 is 0 Å². The summed E-state index contributed by atoms with van der Waals surface area (Å²) in [6.45, 7) is 2.22. The van der Waals surface area contributed by atoms with Crippen LogP contribution in [-0.2, 0) is 14.4 Å². The molecule has 0 fully saturated rings. The maximum atomic E-state index is 11.4. The molecule has 0 radical (unpaired) electrons. The SMILES string of the molecule is CCCCCCCCCCCCCCCC[C@H](C(=O)O)[C@@](O)(CC(=O)O)C(=O)O. The van der Waals surface area contributed by atoms with Gasteiger partial charge in [0.25, 0.3) is 0 Å². The number of hydrogen-bond donors (Lipinski definition) is 4. The van der Waals surface area contributed by atoms with Gasteiger partial charge in [0.15, 0.2) is 5.60 Å². The molecule has 0 bridgehead atoms. The molecule has 2 atom stereocenters. The molecule has 29 heavy (non-hydrogen) atoms. The Morgan fingerprint density at radius 1 is 0.690 bits per heavy atom. The van der Waals surface area contributed by atoms with Gasteiger partial charge in [0.1, 0.15) is 0 Å². The number of unbranched alkanes of at least 4 members (excludes halogenated alkanes) is 13. The molecular weight excluding hydrogens is 376 g/mol. The molecule has 0 unspecified atom stereocenters. The van der Waals surface area contributed by atoms with E-state index in [0.717, 1.165) is 25.7 Å².